The van der Waals surface area contributed by atoms with Crippen molar-refractivity contribution in [2.75, 3.05) is 30.0 Å². The van der Waals surface area contributed by atoms with Crippen LogP contribution in [0.25, 0.3) is 0 Å². The Morgan fingerprint density at radius 1 is 1.06 bits per heavy atom. The van der Waals surface area contributed by atoms with Crippen molar-refractivity contribution in [3.05, 3.63) is 59.7 Å². The summed E-state index contributed by atoms with van der Waals surface area (Å²) in [6.07, 6.45) is 1.74. The minimum Gasteiger partial charge on any atom is -0.462 e. The number of carbonyl (C=O) groups is 4. The highest BCUT2D eigenvalue weighted by Gasteiger charge is 2.36. The molecule has 1 aliphatic rings. The zero-order valence-corrected chi connectivity index (χ0v) is 18.8. The monoisotopic (exact) mass is 452 g/mol. The Labute approximate surface area is 192 Å². The predicted molar refractivity (Wildman–Crippen MR) is 123 cm³/mol. The van der Waals surface area contributed by atoms with Gasteiger partial charge in [-0.05, 0) is 49.2 Å². The standard InChI is InChI=1S/C25H28N2O6/c1-3-4-13-32-24(30)18-9-11-20(12-10-18)27-15-19(14-23(27)29)25(31)33-16-22(28)26-21-8-6-5-7-17(21)2/h5-12,19H,3-4,13-16H2,1-2H3,(H,26,28)/t19-/m0/s1. The number of unbranched alkanes of at least 4 members (excludes halogenated alkanes) is 1. The van der Waals surface area contributed by atoms with Gasteiger partial charge in [0.25, 0.3) is 5.91 Å². The van der Waals surface area contributed by atoms with Crippen LogP contribution in [0, 0.1) is 12.8 Å². The highest BCUT2D eigenvalue weighted by Crippen LogP contribution is 2.26. The number of benzene rings is 2. The van der Waals surface area contributed by atoms with Gasteiger partial charge in [0.05, 0.1) is 18.1 Å². The zero-order valence-electron chi connectivity index (χ0n) is 18.8. The number of amides is 2. The molecule has 0 unspecified atom stereocenters. The highest BCUT2D eigenvalue weighted by atomic mass is 16.5. The first kappa shape index (κ1) is 24.0. The Morgan fingerprint density at radius 2 is 1.79 bits per heavy atom. The van der Waals surface area contributed by atoms with E-state index in [0.29, 0.717) is 23.5 Å². The van der Waals surface area contributed by atoms with E-state index in [0.717, 1.165) is 18.4 Å². The first-order valence-corrected chi connectivity index (χ1v) is 11.0. The van der Waals surface area contributed by atoms with Gasteiger partial charge < -0.3 is 19.7 Å². The van der Waals surface area contributed by atoms with E-state index in [4.69, 9.17) is 9.47 Å². The van der Waals surface area contributed by atoms with Crippen LogP contribution in [-0.2, 0) is 23.9 Å². The lowest BCUT2D eigenvalue weighted by atomic mass is 10.1. The van der Waals surface area contributed by atoms with Gasteiger partial charge in [-0.1, -0.05) is 31.5 Å². The number of hydrogen-bond acceptors (Lipinski definition) is 6. The molecule has 1 saturated heterocycles. The van der Waals surface area contributed by atoms with Crippen LogP contribution in [0.4, 0.5) is 11.4 Å². The minimum atomic E-state index is -0.664. The number of aryl methyl sites for hydroxylation is 1. The molecule has 1 atom stereocenters. The third-order valence-corrected chi connectivity index (χ3v) is 5.37. The lowest BCUT2D eigenvalue weighted by Gasteiger charge is -2.17. The van der Waals surface area contributed by atoms with Crippen molar-refractivity contribution in [3.8, 4) is 0 Å². The molecule has 3 rings (SSSR count). The van der Waals surface area contributed by atoms with Crippen LogP contribution in [0.1, 0.15) is 42.1 Å². The molecule has 1 aliphatic heterocycles. The summed E-state index contributed by atoms with van der Waals surface area (Å²) in [5, 5.41) is 2.70. The minimum absolute atomic E-state index is 0.000936. The number of nitrogens with zero attached hydrogens (tertiary/aromatic N) is 1. The predicted octanol–water partition coefficient (Wildman–Crippen LogP) is 3.49. The summed E-state index contributed by atoms with van der Waals surface area (Å²) in [7, 11) is 0. The summed E-state index contributed by atoms with van der Waals surface area (Å²) in [5.74, 6) is -2.34. The number of rotatable bonds is 9. The number of anilines is 2. The van der Waals surface area contributed by atoms with Gasteiger partial charge in [-0.25, -0.2) is 4.79 Å². The Hall–Kier alpha value is -3.68. The van der Waals surface area contributed by atoms with Gasteiger partial charge in [0.1, 0.15) is 0 Å². The molecule has 2 aromatic carbocycles. The molecule has 0 aliphatic carbocycles. The van der Waals surface area contributed by atoms with Crippen molar-refractivity contribution in [3.63, 3.8) is 0 Å². The summed E-state index contributed by atoms with van der Waals surface area (Å²) in [6.45, 7) is 3.97. The maximum absolute atomic E-state index is 12.4. The molecule has 174 valence electrons. The van der Waals surface area contributed by atoms with Gasteiger partial charge in [0.15, 0.2) is 6.61 Å². The van der Waals surface area contributed by atoms with E-state index >= 15 is 0 Å². The fraction of sp³-hybridized carbons (Fsp3) is 0.360. The van der Waals surface area contributed by atoms with Gasteiger partial charge in [-0.2, -0.15) is 0 Å². The summed E-state index contributed by atoms with van der Waals surface area (Å²) in [4.78, 5) is 50.5. The van der Waals surface area contributed by atoms with Crippen LogP contribution in [0.3, 0.4) is 0 Å². The number of nitrogens with one attached hydrogen (secondary N) is 1. The third kappa shape index (κ3) is 6.41. The highest BCUT2D eigenvalue weighted by molar-refractivity contribution is 6.00. The Kier molecular flexibility index (Phi) is 8.18. The molecular weight excluding hydrogens is 424 g/mol. The van der Waals surface area contributed by atoms with E-state index in [9.17, 15) is 19.2 Å². The van der Waals surface area contributed by atoms with Gasteiger partial charge in [-0.15, -0.1) is 0 Å². The first-order valence-electron chi connectivity index (χ1n) is 11.0. The Morgan fingerprint density at radius 3 is 2.48 bits per heavy atom. The second-order valence-electron chi connectivity index (χ2n) is 7.91. The van der Waals surface area contributed by atoms with Crippen LogP contribution < -0.4 is 10.2 Å². The molecule has 2 aromatic rings. The average molecular weight is 453 g/mol. The second kappa shape index (κ2) is 11.3. The molecule has 1 N–H and O–H groups in total. The number of carbonyl (C=O) groups excluding carboxylic acids is 4. The SMILES string of the molecule is CCCCOC(=O)c1ccc(N2C[C@@H](C(=O)OCC(=O)Nc3ccccc3C)CC2=O)cc1. The lowest BCUT2D eigenvalue weighted by molar-refractivity contribution is -0.151. The van der Waals surface area contributed by atoms with E-state index in [1.54, 1.807) is 36.4 Å². The summed E-state index contributed by atoms with van der Waals surface area (Å²) in [5.41, 5.74) is 2.53. The van der Waals surface area contributed by atoms with Gasteiger partial charge in [0, 0.05) is 24.3 Å². The largest absolute Gasteiger partial charge is 0.462 e. The molecule has 0 spiro atoms. The molecule has 8 heteroatoms. The van der Waals surface area contributed by atoms with Crippen LogP contribution >= 0.6 is 0 Å². The number of ether oxygens (including phenoxy) is 2. The van der Waals surface area contributed by atoms with Gasteiger partial charge in [-0.3, -0.25) is 14.4 Å². The number of esters is 2. The van der Waals surface area contributed by atoms with Gasteiger partial charge >= 0.3 is 11.9 Å². The lowest BCUT2D eigenvalue weighted by Crippen LogP contribution is -2.28. The maximum atomic E-state index is 12.4. The van der Waals surface area contributed by atoms with Crippen molar-refractivity contribution >= 4 is 35.1 Å². The molecule has 0 saturated carbocycles. The van der Waals surface area contributed by atoms with Gasteiger partial charge in [0.2, 0.25) is 5.91 Å². The van der Waals surface area contributed by atoms with E-state index in [1.165, 1.54) is 4.90 Å². The van der Waals surface area contributed by atoms with Crippen molar-refractivity contribution in [1.29, 1.82) is 0 Å². The third-order valence-electron chi connectivity index (χ3n) is 5.37. The van der Waals surface area contributed by atoms with Crippen LogP contribution in [-0.4, -0.2) is 43.5 Å². The zero-order chi connectivity index (χ0) is 23.8. The fourth-order valence-corrected chi connectivity index (χ4v) is 3.44. The van der Waals surface area contributed by atoms with E-state index in [2.05, 4.69) is 5.32 Å². The van der Waals surface area contributed by atoms with E-state index < -0.39 is 30.4 Å². The quantitative estimate of drug-likeness (QED) is 0.462. The molecule has 0 radical (unpaired) electrons. The second-order valence-corrected chi connectivity index (χ2v) is 7.91. The normalized spacial score (nSPS) is 15.3. The summed E-state index contributed by atoms with van der Waals surface area (Å²) in [6, 6.07) is 13.8. The Balaban J connectivity index is 1.51. The number of hydrogen-bond donors (Lipinski definition) is 1. The van der Waals surface area contributed by atoms with Crippen LogP contribution in [0.5, 0.6) is 0 Å². The topological polar surface area (TPSA) is 102 Å². The fourth-order valence-electron chi connectivity index (χ4n) is 3.44. The Bertz CT molecular complexity index is 1020. The average Bonchev–Trinajstić information content (AvgIpc) is 3.21. The molecule has 33 heavy (non-hydrogen) atoms. The van der Waals surface area contributed by atoms with Crippen molar-refractivity contribution < 1.29 is 28.7 Å². The van der Waals surface area contributed by atoms with Crippen molar-refractivity contribution in [2.24, 2.45) is 5.92 Å². The smallest absolute Gasteiger partial charge is 0.338 e. The van der Waals surface area contributed by atoms with E-state index in [1.807, 2.05) is 26.0 Å². The molecule has 1 fully saturated rings. The van der Waals surface area contributed by atoms with Crippen LogP contribution in [0.2, 0.25) is 0 Å². The van der Waals surface area contributed by atoms with E-state index in [-0.39, 0.29) is 18.9 Å². The molecule has 0 bridgehead atoms. The van der Waals surface area contributed by atoms with Crippen molar-refractivity contribution in [1.82, 2.24) is 0 Å². The van der Waals surface area contributed by atoms with Crippen LogP contribution in [0.15, 0.2) is 48.5 Å². The van der Waals surface area contributed by atoms with Crippen molar-refractivity contribution in [2.45, 2.75) is 33.1 Å². The summed E-state index contributed by atoms with van der Waals surface area (Å²) < 4.78 is 10.3. The molecule has 1 heterocycles. The summed E-state index contributed by atoms with van der Waals surface area (Å²) >= 11 is 0. The number of para-hydroxylation sites is 1. The molecule has 0 aromatic heterocycles. The first-order chi connectivity index (χ1) is 15.9. The molecular formula is C25H28N2O6. The molecule has 2 amide bonds. The maximum Gasteiger partial charge on any atom is 0.338 e. The molecule has 8 nitrogen and oxygen atoms in total.